The van der Waals surface area contributed by atoms with Gasteiger partial charge in [0.2, 0.25) is 5.88 Å². The molecule has 0 aliphatic heterocycles. The number of hydrogen-bond acceptors (Lipinski definition) is 6. The first-order valence-electron chi connectivity index (χ1n) is 8.01. The highest BCUT2D eigenvalue weighted by Crippen LogP contribution is 2.29. The zero-order chi connectivity index (χ0) is 16.8. The van der Waals surface area contributed by atoms with E-state index in [-0.39, 0.29) is 5.41 Å². The van der Waals surface area contributed by atoms with Crippen LogP contribution in [0, 0.1) is 0 Å². The van der Waals surface area contributed by atoms with Crippen LogP contribution in [-0.2, 0) is 5.41 Å². The van der Waals surface area contributed by atoms with Crippen LogP contribution in [0.1, 0.15) is 46.9 Å². The first-order valence-corrected chi connectivity index (χ1v) is 8.01. The van der Waals surface area contributed by atoms with E-state index < -0.39 is 0 Å². The third kappa shape index (κ3) is 5.02. The Kier molecular flexibility index (Phi) is 6.87. The van der Waals surface area contributed by atoms with Crippen molar-refractivity contribution in [2.75, 3.05) is 44.3 Å². The predicted octanol–water partition coefficient (Wildman–Crippen LogP) is 2.51. The zero-order valence-corrected chi connectivity index (χ0v) is 14.9. The quantitative estimate of drug-likeness (QED) is 0.719. The SMILES string of the molecule is CCN(CC)CCCNc1nc(C(C)(C)C)nc(OC)c1N. The number of aromatic nitrogens is 2. The molecule has 0 aromatic carbocycles. The number of rotatable bonds is 8. The van der Waals surface area contributed by atoms with Crippen molar-refractivity contribution in [3.63, 3.8) is 0 Å². The molecule has 1 rings (SSSR count). The molecule has 0 aliphatic rings. The molecule has 1 aromatic heterocycles. The number of methoxy groups -OCH3 is 1. The third-order valence-electron chi connectivity index (χ3n) is 3.61. The highest BCUT2D eigenvalue weighted by molar-refractivity contribution is 5.67. The molecule has 6 heteroatoms. The second-order valence-electron chi connectivity index (χ2n) is 6.38. The van der Waals surface area contributed by atoms with Crippen molar-refractivity contribution in [3.8, 4) is 5.88 Å². The summed E-state index contributed by atoms with van der Waals surface area (Å²) in [5, 5.41) is 3.32. The van der Waals surface area contributed by atoms with Crippen molar-refractivity contribution < 1.29 is 4.74 Å². The van der Waals surface area contributed by atoms with Gasteiger partial charge < -0.3 is 20.7 Å². The lowest BCUT2D eigenvalue weighted by atomic mass is 9.96. The summed E-state index contributed by atoms with van der Waals surface area (Å²) in [5.41, 5.74) is 6.39. The number of nitrogens with zero attached hydrogens (tertiary/aromatic N) is 3. The molecule has 0 aliphatic carbocycles. The summed E-state index contributed by atoms with van der Waals surface area (Å²) in [6, 6.07) is 0. The molecule has 0 radical (unpaired) electrons. The molecule has 6 nitrogen and oxygen atoms in total. The van der Waals surface area contributed by atoms with Crippen LogP contribution in [0.3, 0.4) is 0 Å². The van der Waals surface area contributed by atoms with Gasteiger partial charge in [0.1, 0.15) is 11.5 Å². The summed E-state index contributed by atoms with van der Waals surface area (Å²) >= 11 is 0. The standard InChI is InChI=1S/C16H31N5O/c1-7-21(8-2)11-9-10-18-13-12(17)14(22-6)20-15(19-13)16(3,4)5/h7-11,17H2,1-6H3,(H,18,19,20). The fraction of sp³-hybridized carbons (Fsp3) is 0.750. The summed E-state index contributed by atoms with van der Waals surface area (Å²) in [6.07, 6.45) is 1.04. The Hall–Kier alpha value is -1.56. The van der Waals surface area contributed by atoms with Crippen LogP contribution in [0.4, 0.5) is 11.5 Å². The van der Waals surface area contributed by atoms with Gasteiger partial charge in [-0.25, -0.2) is 4.98 Å². The number of nitrogens with two attached hydrogens (primary N) is 1. The smallest absolute Gasteiger partial charge is 0.242 e. The van der Waals surface area contributed by atoms with E-state index in [4.69, 9.17) is 10.5 Å². The normalized spacial score (nSPS) is 11.8. The van der Waals surface area contributed by atoms with Crippen LogP contribution in [0.2, 0.25) is 0 Å². The van der Waals surface area contributed by atoms with E-state index >= 15 is 0 Å². The van der Waals surface area contributed by atoms with Crippen LogP contribution in [0.15, 0.2) is 0 Å². The molecule has 0 spiro atoms. The van der Waals surface area contributed by atoms with Gasteiger partial charge in [-0.15, -0.1) is 0 Å². The van der Waals surface area contributed by atoms with E-state index in [1.807, 2.05) is 0 Å². The van der Waals surface area contributed by atoms with Crippen LogP contribution < -0.4 is 15.8 Å². The van der Waals surface area contributed by atoms with Crippen LogP contribution >= 0.6 is 0 Å². The Morgan fingerprint density at radius 3 is 2.32 bits per heavy atom. The van der Waals surface area contributed by atoms with E-state index in [9.17, 15) is 0 Å². The topological polar surface area (TPSA) is 76.3 Å². The molecular formula is C16H31N5O. The van der Waals surface area contributed by atoms with E-state index in [0.717, 1.165) is 38.4 Å². The number of ether oxygens (including phenoxy) is 1. The first kappa shape index (κ1) is 18.5. The maximum Gasteiger partial charge on any atom is 0.242 e. The lowest BCUT2D eigenvalue weighted by Crippen LogP contribution is -2.26. The monoisotopic (exact) mass is 309 g/mol. The molecule has 0 amide bonds. The van der Waals surface area contributed by atoms with Gasteiger partial charge >= 0.3 is 0 Å². The average Bonchev–Trinajstić information content (AvgIpc) is 2.47. The minimum atomic E-state index is -0.154. The van der Waals surface area contributed by atoms with Gasteiger partial charge in [-0.3, -0.25) is 0 Å². The maximum atomic E-state index is 6.08. The second-order valence-corrected chi connectivity index (χ2v) is 6.38. The highest BCUT2D eigenvalue weighted by atomic mass is 16.5. The summed E-state index contributed by atoms with van der Waals surface area (Å²) in [6.45, 7) is 14.6. The molecule has 3 N–H and O–H groups in total. The third-order valence-corrected chi connectivity index (χ3v) is 3.61. The second kappa shape index (κ2) is 8.17. The summed E-state index contributed by atoms with van der Waals surface area (Å²) in [5.74, 6) is 1.83. The van der Waals surface area contributed by atoms with Gasteiger partial charge in [0.15, 0.2) is 5.82 Å². The minimum Gasteiger partial charge on any atom is -0.479 e. The van der Waals surface area contributed by atoms with Crippen molar-refractivity contribution in [2.24, 2.45) is 0 Å². The van der Waals surface area contributed by atoms with E-state index in [1.165, 1.54) is 0 Å². The predicted molar refractivity (Wildman–Crippen MR) is 92.6 cm³/mol. The van der Waals surface area contributed by atoms with Gasteiger partial charge in [-0.2, -0.15) is 4.98 Å². The van der Waals surface area contributed by atoms with Gasteiger partial charge in [-0.05, 0) is 26.1 Å². The van der Waals surface area contributed by atoms with Gasteiger partial charge in [0.25, 0.3) is 0 Å². The summed E-state index contributed by atoms with van der Waals surface area (Å²) in [4.78, 5) is 11.4. The Labute approximate surface area is 134 Å². The number of nitrogens with one attached hydrogen (secondary N) is 1. The lowest BCUT2D eigenvalue weighted by molar-refractivity contribution is 0.303. The van der Waals surface area contributed by atoms with Gasteiger partial charge in [0, 0.05) is 12.0 Å². The van der Waals surface area contributed by atoms with E-state index in [2.05, 4.69) is 54.8 Å². The van der Waals surface area contributed by atoms with Crippen LogP contribution in [0.5, 0.6) is 5.88 Å². The number of anilines is 2. The average molecular weight is 309 g/mol. The Balaban J connectivity index is 2.77. The highest BCUT2D eigenvalue weighted by Gasteiger charge is 2.21. The molecule has 22 heavy (non-hydrogen) atoms. The van der Waals surface area contributed by atoms with E-state index in [0.29, 0.717) is 17.4 Å². The van der Waals surface area contributed by atoms with Crippen LogP contribution in [0.25, 0.3) is 0 Å². The van der Waals surface area contributed by atoms with Crippen molar-refractivity contribution in [2.45, 2.75) is 46.5 Å². The maximum absolute atomic E-state index is 6.08. The Morgan fingerprint density at radius 2 is 1.82 bits per heavy atom. The van der Waals surface area contributed by atoms with Crippen molar-refractivity contribution in [1.29, 1.82) is 0 Å². The molecule has 1 heterocycles. The van der Waals surface area contributed by atoms with Crippen molar-refractivity contribution in [1.82, 2.24) is 14.9 Å². The molecule has 0 fully saturated rings. The van der Waals surface area contributed by atoms with Crippen LogP contribution in [-0.4, -0.2) is 48.2 Å². The molecule has 0 bridgehead atoms. The number of hydrogen-bond donors (Lipinski definition) is 2. The largest absolute Gasteiger partial charge is 0.479 e. The lowest BCUT2D eigenvalue weighted by Gasteiger charge is -2.21. The van der Waals surface area contributed by atoms with Gasteiger partial charge in [0.05, 0.1) is 7.11 Å². The minimum absolute atomic E-state index is 0.154. The fourth-order valence-electron chi connectivity index (χ4n) is 2.12. The molecule has 1 aromatic rings. The fourth-order valence-corrected chi connectivity index (χ4v) is 2.12. The summed E-state index contributed by atoms with van der Waals surface area (Å²) < 4.78 is 5.28. The van der Waals surface area contributed by atoms with E-state index in [1.54, 1.807) is 7.11 Å². The van der Waals surface area contributed by atoms with Crippen molar-refractivity contribution in [3.05, 3.63) is 5.82 Å². The number of nitrogen functional groups attached to an aromatic ring is 1. The molecule has 0 atom stereocenters. The van der Waals surface area contributed by atoms with Crippen molar-refractivity contribution >= 4 is 11.5 Å². The summed E-state index contributed by atoms with van der Waals surface area (Å²) in [7, 11) is 1.58. The molecule has 126 valence electrons. The molecular weight excluding hydrogens is 278 g/mol. The molecule has 0 saturated carbocycles. The Morgan fingerprint density at radius 1 is 1.18 bits per heavy atom. The first-order chi connectivity index (χ1) is 10.3. The molecule has 0 unspecified atom stereocenters. The zero-order valence-electron chi connectivity index (χ0n) is 14.9. The Bertz CT molecular complexity index is 466. The van der Waals surface area contributed by atoms with Gasteiger partial charge in [-0.1, -0.05) is 34.6 Å². The molecule has 0 saturated heterocycles.